The van der Waals surface area contributed by atoms with Gasteiger partial charge in [-0.25, -0.2) is 4.98 Å². The van der Waals surface area contributed by atoms with Crippen LogP contribution in [0.2, 0.25) is 0 Å². The molecule has 2 saturated heterocycles. The number of ether oxygens (including phenoxy) is 2. The minimum Gasteiger partial charge on any atom is -0.491 e. The number of carbonyl (C=O) groups excluding carboxylic acids is 1. The van der Waals surface area contributed by atoms with E-state index >= 15 is 0 Å². The van der Waals surface area contributed by atoms with Gasteiger partial charge in [0.2, 0.25) is 0 Å². The second-order valence-electron chi connectivity index (χ2n) is 9.01. The molecule has 4 heterocycles. The Kier molecular flexibility index (Phi) is 6.67. The fourth-order valence-electron chi connectivity index (χ4n) is 4.54. The zero-order chi connectivity index (χ0) is 23.7. The molecule has 0 aliphatic carbocycles. The van der Waals surface area contributed by atoms with Crippen LogP contribution >= 0.6 is 11.3 Å². The maximum Gasteiger partial charge on any atom is 0.259 e. The molecule has 2 fully saturated rings. The first-order valence-electron chi connectivity index (χ1n) is 11.8. The van der Waals surface area contributed by atoms with Gasteiger partial charge in [-0.15, -0.1) is 11.3 Å². The first kappa shape index (κ1) is 23.0. The average Bonchev–Trinajstić information content (AvgIpc) is 3.46. The molecule has 0 unspecified atom stereocenters. The second kappa shape index (κ2) is 9.85. The molecule has 0 radical (unpaired) electrons. The number of benzene rings is 1. The lowest BCUT2D eigenvalue weighted by molar-refractivity contribution is 0.0624. The Labute approximate surface area is 202 Å². The summed E-state index contributed by atoms with van der Waals surface area (Å²) in [5.74, 6) is 1.46. The molecular weight excluding hydrogens is 452 g/mol. The molecular formula is C25H30N4O4S. The van der Waals surface area contributed by atoms with Gasteiger partial charge in [0.05, 0.1) is 18.0 Å². The fraction of sp³-hybridized carbons (Fsp3) is 0.480. The monoisotopic (exact) mass is 482 g/mol. The van der Waals surface area contributed by atoms with Crippen LogP contribution in [-0.4, -0.2) is 71.2 Å². The number of aromatic amines is 1. The summed E-state index contributed by atoms with van der Waals surface area (Å²) in [5, 5.41) is 0.699. The van der Waals surface area contributed by atoms with Crippen molar-refractivity contribution in [1.82, 2.24) is 19.8 Å². The van der Waals surface area contributed by atoms with Gasteiger partial charge in [-0.1, -0.05) is 0 Å². The third-order valence-corrected chi connectivity index (χ3v) is 7.78. The molecule has 5 rings (SSSR count). The lowest BCUT2D eigenvalue weighted by Gasteiger charge is -2.34. The van der Waals surface area contributed by atoms with E-state index in [0.717, 1.165) is 53.6 Å². The Hall–Kier alpha value is -2.75. The third-order valence-electron chi connectivity index (χ3n) is 6.68. The number of hydrogen-bond acceptors (Lipinski definition) is 7. The predicted molar refractivity (Wildman–Crippen MR) is 132 cm³/mol. The number of aryl methyl sites for hydroxylation is 2. The average molecular weight is 483 g/mol. The number of amides is 1. The van der Waals surface area contributed by atoms with Crippen LogP contribution in [0.15, 0.2) is 29.1 Å². The largest absolute Gasteiger partial charge is 0.491 e. The first-order chi connectivity index (χ1) is 16.5. The number of rotatable bonds is 6. The van der Waals surface area contributed by atoms with Gasteiger partial charge in [0.25, 0.3) is 11.5 Å². The van der Waals surface area contributed by atoms with Crippen LogP contribution in [-0.2, 0) is 11.3 Å². The Balaban J connectivity index is 1.14. The van der Waals surface area contributed by atoms with Gasteiger partial charge in [-0.05, 0) is 56.5 Å². The Morgan fingerprint density at radius 1 is 1.21 bits per heavy atom. The van der Waals surface area contributed by atoms with Crippen LogP contribution < -0.4 is 10.3 Å². The standard InChI is InChI=1S/C25H30N4O4S/c1-16-17(2)34-24-22(16)23(30)26-21(27-24)14-28-9-11-29(12-10-28)25(31)18-5-7-19(8-6-18)33-15-20-4-3-13-32-20/h5-8,20H,3-4,9-15H2,1-2H3,(H,26,27,30)/t20-/m0/s1. The van der Waals surface area contributed by atoms with E-state index < -0.39 is 0 Å². The van der Waals surface area contributed by atoms with Crippen molar-refractivity contribution in [3.05, 3.63) is 56.4 Å². The molecule has 1 aromatic carbocycles. The molecule has 0 saturated carbocycles. The van der Waals surface area contributed by atoms with Crippen molar-refractivity contribution in [2.45, 2.75) is 39.3 Å². The number of hydrogen-bond donors (Lipinski definition) is 1. The molecule has 1 atom stereocenters. The van der Waals surface area contributed by atoms with Gasteiger partial charge >= 0.3 is 0 Å². The maximum atomic E-state index is 13.0. The van der Waals surface area contributed by atoms with Crippen LogP contribution in [0.1, 0.15) is 39.5 Å². The number of carbonyl (C=O) groups is 1. The minimum atomic E-state index is -0.0705. The number of nitrogens with zero attached hydrogens (tertiary/aromatic N) is 3. The smallest absolute Gasteiger partial charge is 0.259 e. The summed E-state index contributed by atoms with van der Waals surface area (Å²) in [4.78, 5) is 39.1. The van der Waals surface area contributed by atoms with Crippen LogP contribution in [0.3, 0.4) is 0 Å². The summed E-state index contributed by atoms with van der Waals surface area (Å²) >= 11 is 1.56. The van der Waals surface area contributed by atoms with Gasteiger partial charge < -0.3 is 19.4 Å². The predicted octanol–water partition coefficient (Wildman–Crippen LogP) is 3.12. The Morgan fingerprint density at radius 3 is 2.68 bits per heavy atom. The normalized spacial score (nSPS) is 19.1. The molecule has 0 spiro atoms. The van der Waals surface area contributed by atoms with Crippen molar-refractivity contribution in [3.8, 4) is 5.75 Å². The summed E-state index contributed by atoms with van der Waals surface area (Å²) in [6.45, 7) is 8.66. The molecule has 1 amide bonds. The summed E-state index contributed by atoms with van der Waals surface area (Å²) in [6.07, 6.45) is 2.30. The number of aromatic nitrogens is 2. The lowest BCUT2D eigenvalue weighted by atomic mass is 10.1. The SMILES string of the molecule is Cc1sc2nc(CN3CCN(C(=O)c4ccc(OC[C@@H]5CCCO5)cc4)CC3)[nH]c(=O)c2c1C. The number of fused-ring (bicyclic) bond motifs is 1. The van der Waals surface area contributed by atoms with Gasteiger partial charge in [-0.2, -0.15) is 0 Å². The topological polar surface area (TPSA) is 87.8 Å². The highest BCUT2D eigenvalue weighted by atomic mass is 32.1. The quantitative estimate of drug-likeness (QED) is 0.581. The zero-order valence-electron chi connectivity index (χ0n) is 19.6. The summed E-state index contributed by atoms with van der Waals surface area (Å²) in [6, 6.07) is 7.36. The van der Waals surface area contributed by atoms with Crippen molar-refractivity contribution in [3.63, 3.8) is 0 Å². The van der Waals surface area contributed by atoms with E-state index in [2.05, 4.69) is 14.9 Å². The molecule has 0 bridgehead atoms. The molecule has 2 aliphatic heterocycles. The van der Waals surface area contributed by atoms with Crippen molar-refractivity contribution in [1.29, 1.82) is 0 Å². The number of H-pyrrole nitrogens is 1. The van der Waals surface area contributed by atoms with Crippen LogP contribution in [0.5, 0.6) is 5.75 Å². The summed E-state index contributed by atoms with van der Waals surface area (Å²) in [7, 11) is 0. The van der Waals surface area contributed by atoms with Gasteiger partial charge in [0.1, 0.15) is 23.0 Å². The van der Waals surface area contributed by atoms with E-state index in [1.54, 1.807) is 11.3 Å². The van der Waals surface area contributed by atoms with E-state index in [9.17, 15) is 9.59 Å². The number of piperazine rings is 1. The lowest BCUT2D eigenvalue weighted by Crippen LogP contribution is -2.48. The molecule has 8 nitrogen and oxygen atoms in total. The Morgan fingerprint density at radius 2 is 1.97 bits per heavy atom. The molecule has 1 N–H and O–H groups in total. The first-order valence-corrected chi connectivity index (χ1v) is 12.6. The summed E-state index contributed by atoms with van der Waals surface area (Å²) < 4.78 is 11.4. The van der Waals surface area contributed by atoms with E-state index in [-0.39, 0.29) is 17.6 Å². The summed E-state index contributed by atoms with van der Waals surface area (Å²) in [5.41, 5.74) is 1.60. The number of thiophene rings is 1. The fourth-order valence-corrected chi connectivity index (χ4v) is 5.59. The molecule has 3 aromatic rings. The maximum absolute atomic E-state index is 13.0. The van der Waals surface area contributed by atoms with Crippen molar-refractivity contribution >= 4 is 27.5 Å². The number of nitrogens with one attached hydrogen (secondary N) is 1. The molecule has 2 aromatic heterocycles. The van der Waals surface area contributed by atoms with Crippen LogP contribution in [0.25, 0.3) is 10.2 Å². The molecule has 2 aliphatic rings. The van der Waals surface area contributed by atoms with E-state index in [0.29, 0.717) is 43.0 Å². The van der Waals surface area contributed by atoms with Crippen LogP contribution in [0.4, 0.5) is 0 Å². The molecule has 34 heavy (non-hydrogen) atoms. The highest BCUT2D eigenvalue weighted by molar-refractivity contribution is 7.18. The van der Waals surface area contributed by atoms with Gasteiger partial charge in [0, 0.05) is 43.2 Å². The minimum absolute atomic E-state index is 0.0304. The van der Waals surface area contributed by atoms with Gasteiger partial charge in [0.15, 0.2) is 0 Å². The van der Waals surface area contributed by atoms with Crippen molar-refractivity contribution < 1.29 is 14.3 Å². The van der Waals surface area contributed by atoms with Crippen LogP contribution in [0, 0.1) is 13.8 Å². The molecule has 9 heteroatoms. The third kappa shape index (κ3) is 4.87. The highest BCUT2D eigenvalue weighted by Gasteiger charge is 2.23. The zero-order valence-corrected chi connectivity index (χ0v) is 20.5. The van der Waals surface area contributed by atoms with Gasteiger partial charge in [-0.3, -0.25) is 14.5 Å². The second-order valence-corrected chi connectivity index (χ2v) is 10.2. The van der Waals surface area contributed by atoms with Crippen molar-refractivity contribution in [2.24, 2.45) is 0 Å². The van der Waals surface area contributed by atoms with Crippen molar-refractivity contribution in [2.75, 3.05) is 39.4 Å². The van der Waals surface area contributed by atoms with E-state index in [1.807, 2.05) is 43.0 Å². The van der Waals surface area contributed by atoms with E-state index in [1.165, 1.54) is 0 Å². The highest BCUT2D eigenvalue weighted by Crippen LogP contribution is 2.26. The van der Waals surface area contributed by atoms with E-state index in [4.69, 9.17) is 9.47 Å². The molecule has 180 valence electrons. The Bertz CT molecular complexity index is 1220.